The van der Waals surface area contributed by atoms with Gasteiger partial charge in [-0.05, 0) is 30.3 Å². The number of aryl methyl sites for hydroxylation is 1. The standard InChI is InChI=1S/C15H14N4O2/c1-19-8-11(16)6-13(19)15(20)18-12-4-2-10(3-5-12)14-7-17-9-21-14/h2-9H,16H2,1H3,(H,18,20). The van der Waals surface area contributed by atoms with Gasteiger partial charge in [0.15, 0.2) is 12.2 Å². The van der Waals surface area contributed by atoms with Crippen LogP contribution in [0.3, 0.4) is 0 Å². The molecule has 0 unspecified atom stereocenters. The van der Waals surface area contributed by atoms with Gasteiger partial charge in [0.2, 0.25) is 0 Å². The van der Waals surface area contributed by atoms with Crippen LogP contribution in [0.25, 0.3) is 11.3 Å². The second kappa shape index (κ2) is 5.16. The quantitative estimate of drug-likeness (QED) is 0.772. The van der Waals surface area contributed by atoms with E-state index < -0.39 is 0 Å². The molecule has 3 N–H and O–H groups in total. The largest absolute Gasteiger partial charge is 0.444 e. The zero-order valence-electron chi connectivity index (χ0n) is 11.4. The molecule has 0 aliphatic heterocycles. The maximum atomic E-state index is 12.1. The summed E-state index contributed by atoms with van der Waals surface area (Å²) >= 11 is 0. The van der Waals surface area contributed by atoms with Crippen molar-refractivity contribution in [3.8, 4) is 11.3 Å². The van der Waals surface area contributed by atoms with Crippen LogP contribution in [-0.2, 0) is 7.05 Å². The predicted molar refractivity (Wildman–Crippen MR) is 79.7 cm³/mol. The van der Waals surface area contributed by atoms with Gasteiger partial charge in [-0.15, -0.1) is 0 Å². The summed E-state index contributed by atoms with van der Waals surface area (Å²) in [5.74, 6) is 0.477. The Balaban J connectivity index is 1.76. The fourth-order valence-electron chi connectivity index (χ4n) is 2.09. The zero-order valence-corrected chi connectivity index (χ0v) is 11.4. The number of benzene rings is 1. The molecule has 21 heavy (non-hydrogen) atoms. The van der Waals surface area contributed by atoms with Gasteiger partial charge in [-0.1, -0.05) is 0 Å². The monoisotopic (exact) mass is 282 g/mol. The fourth-order valence-corrected chi connectivity index (χ4v) is 2.09. The van der Waals surface area contributed by atoms with Crippen molar-refractivity contribution in [1.29, 1.82) is 0 Å². The molecule has 0 aliphatic rings. The molecule has 0 radical (unpaired) electrons. The number of nitrogens with one attached hydrogen (secondary N) is 1. The van der Waals surface area contributed by atoms with Crippen LogP contribution in [0.1, 0.15) is 10.5 Å². The van der Waals surface area contributed by atoms with Gasteiger partial charge in [0.05, 0.1) is 11.9 Å². The summed E-state index contributed by atoms with van der Waals surface area (Å²) in [5.41, 5.74) is 8.33. The summed E-state index contributed by atoms with van der Waals surface area (Å²) in [7, 11) is 1.78. The average Bonchev–Trinajstić information content (AvgIpc) is 3.09. The highest BCUT2D eigenvalue weighted by Crippen LogP contribution is 2.21. The minimum Gasteiger partial charge on any atom is -0.444 e. The van der Waals surface area contributed by atoms with E-state index in [0.717, 1.165) is 5.56 Å². The van der Waals surface area contributed by atoms with E-state index in [4.69, 9.17) is 10.2 Å². The van der Waals surface area contributed by atoms with Gasteiger partial charge in [-0.25, -0.2) is 4.98 Å². The Kier molecular flexibility index (Phi) is 3.19. The van der Waals surface area contributed by atoms with Crippen molar-refractivity contribution in [2.75, 3.05) is 11.1 Å². The molecule has 0 bridgehead atoms. The van der Waals surface area contributed by atoms with E-state index in [2.05, 4.69) is 10.3 Å². The highest BCUT2D eigenvalue weighted by atomic mass is 16.3. The van der Waals surface area contributed by atoms with Crippen molar-refractivity contribution in [3.05, 3.63) is 54.8 Å². The topological polar surface area (TPSA) is 86.1 Å². The maximum Gasteiger partial charge on any atom is 0.272 e. The third-order valence-electron chi connectivity index (χ3n) is 3.12. The number of nitrogens with zero attached hydrogens (tertiary/aromatic N) is 2. The number of anilines is 2. The fraction of sp³-hybridized carbons (Fsp3) is 0.0667. The summed E-state index contributed by atoms with van der Waals surface area (Å²) in [6, 6.07) is 8.97. The molecule has 3 rings (SSSR count). The van der Waals surface area contributed by atoms with Crippen LogP contribution < -0.4 is 11.1 Å². The molecule has 106 valence electrons. The lowest BCUT2D eigenvalue weighted by atomic mass is 10.1. The molecule has 0 saturated carbocycles. The summed E-state index contributed by atoms with van der Waals surface area (Å²) in [4.78, 5) is 16.0. The number of nitrogen functional groups attached to an aromatic ring is 1. The summed E-state index contributed by atoms with van der Waals surface area (Å²) in [6.45, 7) is 0. The third kappa shape index (κ3) is 2.64. The highest BCUT2D eigenvalue weighted by molar-refractivity contribution is 6.03. The lowest BCUT2D eigenvalue weighted by molar-refractivity contribution is 0.101. The zero-order chi connectivity index (χ0) is 14.8. The van der Waals surface area contributed by atoms with Crippen molar-refractivity contribution >= 4 is 17.3 Å². The SMILES string of the molecule is Cn1cc(N)cc1C(=O)Nc1ccc(-c2cnco2)cc1. The molecular formula is C15H14N4O2. The first-order valence-electron chi connectivity index (χ1n) is 6.35. The van der Waals surface area contributed by atoms with Crippen LogP contribution >= 0.6 is 0 Å². The Bertz CT molecular complexity index is 758. The van der Waals surface area contributed by atoms with E-state index in [1.165, 1.54) is 6.39 Å². The highest BCUT2D eigenvalue weighted by Gasteiger charge is 2.11. The summed E-state index contributed by atoms with van der Waals surface area (Å²) in [5, 5.41) is 2.82. The average molecular weight is 282 g/mol. The van der Waals surface area contributed by atoms with Crippen molar-refractivity contribution in [1.82, 2.24) is 9.55 Å². The Morgan fingerprint density at radius 2 is 2.10 bits per heavy atom. The first kappa shape index (κ1) is 13.0. The van der Waals surface area contributed by atoms with E-state index in [0.29, 0.717) is 22.8 Å². The Morgan fingerprint density at radius 1 is 1.33 bits per heavy atom. The lowest BCUT2D eigenvalue weighted by Gasteiger charge is -2.06. The first-order valence-corrected chi connectivity index (χ1v) is 6.35. The molecule has 0 fully saturated rings. The molecule has 0 spiro atoms. The van der Waals surface area contributed by atoms with Crippen LogP contribution in [0, 0.1) is 0 Å². The number of carbonyl (C=O) groups is 1. The second-order valence-electron chi connectivity index (χ2n) is 4.67. The van der Waals surface area contributed by atoms with Crippen molar-refractivity contribution in [2.24, 2.45) is 7.05 Å². The molecule has 1 aromatic carbocycles. The Labute approximate surface area is 121 Å². The molecule has 3 aromatic rings. The van der Waals surface area contributed by atoms with Gasteiger partial charge in [-0.3, -0.25) is 4.79 Å². The van der Waals surface area contributed by atoms with Gasteiger partial charge in [0.25, 0.3) is 5.91 Å². The van der Waals surface area contributed by atoms with Gasteiger partial charge in [-0.2, -0.15) is 0 Å². The molecule has 0 atom stereocenters. The predicted octanol–water partition coefficient (Wildman–Crippen LogP) is 2.51. The van der Waals surface area contributed by atoms with Crippen molar-refractivity contribution in [3.63, 3.8) is 0 Å². The number of hydrogen-bond acceptors (Lipinski definition) is 4. The first-order chi connectivity index (χ1) is 10.1. The molecule has 1 amide bonds. The molecule has 2 aromatic heterocycles. The molecule has 0 saturated heterocycles. The van der Waals surface area contributed by atoms with Crippen molar-refractivity contribution in [2.45, 2.75) is 0 Å². The lowest BCUT2D eigenvalue weighted by Crippen LogP contribution is -2.15. The molecule has 2 heterocycles. The number of hydrogen-bond donors (Lipinski definition) is 2. The van der Waals surface area contributed by atoms with Crippen molar-refractivity contribution < 1.29 is 9.21 Å². The third-order valence-corrected chi connectivity index (χ3v) is 3.12. The Hall–Kier alpha value is -3.02. The van der Waals surface area contributed by atoms with E-state index in [9.17, 15) is 4.79 Å². The van der Waals surface area contributed by atoms with Crippen LogP contribution in [0.15, 0.2) is 53.5 Å². The van der Waals surface area contributed by atoms with E-state index in [1.54, 1.807) is 30.1 Å². The van der Waals surface area contributed by atoms with Gasteiger partial charge in [0.1, 0.15) is 5.69 Å². The van der Waals surface area contributed by atoms with E-state index >= 15 is 0 Å². The van der Waals surface area contributed by atoms with Crippen LogP contribution in [0.2, 0.25) is 0 Å². The minimum absolute atomic E-state index is 0.207. The van der Waals surface area contributed by atoms with Gasteiger partial charge >= 0.3 is 0 Å². The van der Waals surface area contributed by atoms with Gasteiger partial charge in [0, 0.05) is 24.5 Å². The number of rotatable bonds is 3. The number of oxazole rings is 1. The Morgan fingerprint density at radius 3 is 2.67 bits per heavy atom. The van der Waals surface area contributed by atoms with E-state index in [1.807, 2.05) is 24.3 Å². The number of amides is 1. The summed E-state index contributed by atoms with van der Waals surface area (Å²) in [6.07, 6.45) is 4.72. The molecule has 0 aliphatic carbocycles. The van der Waals surface area contributed by atoms with Crippen LogP contribution in [0.4, 0.5) is 11.4 Å². The molecule has 6 heteroatoms. The second-order valence-corrected chi connectivity index (χ2v) is 4.67. The molecule has 6 nitrogen and oxygen atoms in total. The smallest absolute Gasteiger partial charge is 0.272 e. The summed E-state index contributed by atoms with van der Waals surface area (Å²) < 4.78 is 6.90. The van der Waals surface area contributed by atoms with Crippen LogP contribution in [0.5, 0.6) is 0 Å². The van der Waals surface area contributed by atoms with Gasteiger partial charge < -0.3 is 20.0 Å². The maximum absolute atomic E-state index is 12.1. The molecular weight excluding hydrogens is 268 g/mol. The number of carbonyl (C=O) groups excluding carboxylic acids is 1. The number of aromatic nitrogens is 2. The number of nitrogens with two attached hydrogens (primary N) is 1. The normalized spacial score (nSPS) is 10.5. The van der Waals surface area contributed by atoms with Crippen LogP contribution in [-0.4, -0.2) is 15.5 Å². The minimum atomic E-state index is -0.207. The van der Waals surface area contributed by atoms with E-state index in [-0.39, 0.29) is 5.91 Å².